The maximum Gasteiger partial charge on any atom is 0.0214 e. The molecule has 0 aliphatic rings. The van der Waals surface area contributed by atoms with E-state index in [1.54, 1.807) is 0 Å². The summed E-state index contributed by atoms with van der Waals surface area (Å²) in [6.45, 7) is 9.60. The summed E-state index contributed by atoms with van der Waals surface area (Å²) in [7, 11) is 0. The molecule has 0 unspecified atom stereocenters. The van der Waals surface area contributed by atoms with Crippen LogP contribution in [0.25, 0.3) is 0 Å². The first kappa shape index (κ1) is 11.5. The summed E-state index contributed by atoms with van der Waals surface area (Å²) in [5.41, 5.74) is 0.282. The molecule has 0 saturated carbocycles. The molecule has 0 aromatic heterocycles. The highest BCUT2D eigenvalue weighted by Crippen LogP contribution is 2.09. The molecule has 0 aliphatic heterocycles. The molecule has 0 aromatic rings. The zero-order valence-electron chi connectivity index (χ0n) is 8.83. The fourth-order valence-corrected chi connectivity index (χ4v) is 1.30. The van der Waals surface area contributed by atoms with Gasteiger partial charge in [0, 0.05) is 18.5 Å². The second-order valence-electron chi connectivity index (χ2n) is 3.74. The lowest BCUT2D eigenvalue weighted by Gasteiger charge is -2.25. The lowest BCUT2D eigenvalue weighted by Crippen LogP contribution is -2.39. The number of hydrogen-bond acceptors (Lipinski definition) is 1. The largest absolute Gasteiger partial charge is 0.311 e. The smallest absolute Gasteiger partial charge is 0.0214 e. The van der Waals surface area contributed by atoms with Gasteiger partial charge in [-0.15, -0.1) is 11.8 Å². The van der Waals surface area contributed by atoms with Crippen molar-refractivity contribution in [2.45, 2.75) is 52.5 Å². The van der Waals surface area contributed by atoms with Gasteiger partial charge in [0.1, 0.15) is 0 Å². The van der Waals surface area contributed by atoms with Crippen LogP contribution in [0.1, 0.15) is 47.0 Å². The van der Waals surface area contributed by atoms with E-state index < -0.39 is 0 Å². The second-order valence-corrected chi connectivity index (χ2v) is 3.74. The lowest BCUT2D eigenvalue weighted by atomic mass is 9.99. The van der Waals surface area contributed by atoms with E-state index in [1.807, 2.05) is 6.92 Å². The maximum atomic E-state index is 3.49. The summed E-state index contributed by atoms with van der Waals surface area (Å²) in [4.78, 5) is 0. The Morgan fingerprint density at radius 1 is 1.33 bits per heavy atom. The third kappa shape index (κ3) is 6.24. The van der Waals surface area contributed by atoms with Crippen molar-refractivity contribution in [3.05, 3.63) is 0 Å². The van der Waals surface area contributed by atoms with Gasteiger partial charge < -0.3 is 5.32 Å². The summed E-state index contributed by atoms with van der Waals surface area (Å²) in [6.07, 6.45) is 3.43. The van der Waals surface area contributed by atoms with E-state index in [9.17, 15) is 0 Å². The van der Waals surface area contributed by atoms with Crippen LogP contribution in [0.2, 0.25) is 0 Å². The van der Waals surface area contributed by atoms with Gasteiger partial charge in [0.2, 0.25) is 0 Å². The van der Waals surface area contributed by atoms with Crippen LogP contribution in [-0.4, -0.2) is 12.1 Å². The van der Waals surface area contributed by atoms with Crippen LogP contribution >= 0.6 is 0 Å². The Morgan fingerprint density at radius 2 is 2.00 bits per heavy atom. The Labute approximate surface area is 76.9 Å². The fourth-order valence-electron chi connectivity index (χ4n) is 1.30. The van der Waals surface area contributed by atoms with Crippen molar-refractivity contribution in [3.63, 3.8) is 0 Å². The normalized spacial score (nSPS) is 10.7. The average Bonchev–Trinajstić information content (AvgIpc) is 1.98. The molecule has 0 radical (unpaired) electrons. The van der Waals surface area contributed by atoms with Crippen molar-refractivity contribution >= 4 is 0 Å². The van der Waals surface area contributed by atoms with Gasteiger partial charge in [0.15, 0.2) is 0 Å². The van der Waals surface area contributed by atoms with E-state index in [4.69, 9.17) is 0 Å². The molecule has 0 saturated heterocycles. The van der Waals surface area contributed by atoms with E-state index in [1.165, 1.54) is 12.8 Å². The van der Waals surface area contributed by atoms with E-state index in [-0.39, 0.29) is 5.54 Å². The predicted octanol–water partition coefficient (Wildman–Crippen LogP) is 2.57. The second kappa shape index (κ2) is 6.08. The van der Waals surface area contributed by atoms with Crippen LogP contribution in [0, 0.1) is 11.8 Å². The zero-order chi connectivity index (χ0) is 9.45. The number of hydrogen-bond donors (Lipinski definition) is 1. The Kier molecular flexibility index (Phi) is 5.84. The standard InChI is InChI=1S/C11H21N/c1-5-7-8-10-12-11(3,4)9-6-2/h12H,6,8-10H2,1-4H3. The van der Waals surface area contributed by atoms with Gasteiger partial charge in [-0.05, 0) is 27.2 Å². The van der Waals surface area contributed by atoms with Crippen LogP contribution in [0.5, 0.6) is 0 Å². The van der Waals surface area contributed by atoms with E-state index in [0.29, 0.717) is 0 Å². The summed E-state index contributed by atoms with van der Waals surface area (Å²) in [6, 6.07) is 0. The summed E-state index contributed by atoms with van der Waals surface area (Å²) < 4.78 is 0. The van der Waals surface area contributed by atoms with Gasteiger partial charge in [0.25, 0.3) is 0 Å². The molecule has 0 amide bonds. The monoisotopic (exact) mass is 167 g/mol. The van der Waals surface area contributed by atoms with Crippen LogP contribution < -0.4 is 5.32 Å². The Bertz CT molecular complexity index is 160. The highest BCUT2D eigenvalue weighted by molar-refractivity contribution is 4.95. The Hall–Kier alpha value is -0.480. The SMILES string of the molecule is CC#CCCNC(C)(C)CCC. The molecule has 1 heteroatoms. The Morgan fingerprint density at radius 3 is 2.50 bits per heavy atom. The van der Waals surface area contributed by atoms with Crippen molar-refractivity contribution in [1.29, 1.82) is 0 Å². The van der Waals surface area contributed by atoms with Gasteiger partial charge in [-0.2, -0.15) is 0 Å². The highest BCUT2D eigenvalue weighted by atomic mass is 14.9. The molecule has 1 N–H and O–H groups in total. The summed E-state index contributed by atoms with van der Waals surface area (Å²) in [5, 5.41) is 3.49. The first-order valence-electron chi connectivity index (χ1n) is 4.77. The highest BCUT2D eigenvalue weighted by Gasteiger charge is 2.13. The minimum atomic E-state index is 0.282. The minimum absolute atomic E-state index is 0.282. The van der Waals surface area contributed by atoms with Gasteiger partial charge in [-0.25, -0.2) is 0 Å². The molecule has 70 valence electrons. The fraction of sp³-hybridized carbons (Fsp3) is 0.818. The molecule has 0 aromatic carbocycles. The van der Waals surface area contributed by atoms with Crippen molar-refractivity contribution < 1.29 is 0 Å². The van der Waals surface area contributed by atoms with Crippen molar-refractivity contribution in [3.8, 4) is 11.8 Å². The van der Waals surface area contributed by atoms with Crippen LogP contribution in [0.3, 0.4) is 0 Å². The third-order valence-corrected chi connectivity index (χ3v) is 1.91. The van der Waals surface area contributed by atoms with E-state index >= 15 is 0 Å². The first-order chi connectivity index (χ1) is 5.62. The van der Waals surface area contributed by atoms with Gasteiger partial charge in [-0.3, -0.25) is 0 Å². The molecule has 0 spiro atoms. The topological polar surface area (TPSA) is 12.0 Å². The molecule has 0 aliphatic carbocycles. The van der Waals surface area contributed by atoms with Crippen LogP contribution in [0.15, 0.2) is 0 Å². The zero-order valence-corrected chi connectivity index (χ0v) is 8.83. The van der Waals surface area contributed by atoms with Crippen molar-refractivity contribution in [1.82, 2.24) is 5.32 Å². The van der Waals surface area contributed by atoms with Crippen molar-refractivity contribution in [2.75, 3.05) is 6.54 Å². The molecular formula is C11H21N. The quantitative estimate of drug-likeness (QED) is 0.490. The van der Waals surface area contributed by atoms with Crippen LogP contribution in [-0.2, 0) is 0 Å². The first-order valence-corrected chi connectivity index (χ1v) is 4.77. The predicted molar refractivity (Wildman–Crippen MR) is 55.1 cm³/mol. The third-order valence-electron chi connectivity index (χ3n) is 1.91. The lowest BCUT2D eigenvalue weighted by molar-refractivity contribution is 0.363. The number of rotatable bonds is 5. The molecule has 0 fully saturated rings. The molecule has 0 bridgehead atoms. The summed E-state index contributed by atoms with van der Waals surface area (Å²) >= 11 is 0. The van der Waals surface area contributed by atoms with Crippen molar-refractivity contribution in [2.24, 2.45) is 0 Å². The molecule has 0 heterocycles. The van der Waals surface area contributed by atoms with Gasteiger partial charge >= 0.3 is 0 Å². The minimum Gasteiger partial charge on any atom is -0.311 e. The summed E-state index contributed by atoms with van der Waals surface area (Å²) in [5.74, 6) is 5.95. The van der Waals surface area contributed by atoms with Gasteiger partial charge in [0.05, 0.1) is 0 Å². The maximum absolute atomic E-state index is 3.49. The van der Waals surface area contributed by atoms with Gasteiger partial charge in [-0.1, -0.05) is 13.3 Å². The average molecular weight is 167 g/mol. The Balaban J connectivity index is 3.51. The van der Waals surface area contributed by atoms with Crippen LogP contribution in [0.4, 0.5) is 0 Å². The van der Waals surface area contributed by atoms with E-state index in [2.05, 4.69) is 37.9 Å². The van der Waals surface area contributed by atoms with E-state index in [0.717, 1.165) is 13.0 Å². The molecule has 0 atom stereocenters. The molecule has 0 rings (SSSR count). The molecule has 12 heavy (non-hydrogen) atoms. The number of nitrogens with one attached hydrogen (secondary N) is 1. The molecule has 1 nitrogen and oxygen atoms in total. The molecular weight excluding hydrogens is 146 g/mol.